The Hall–Kier alpha value is -1.32. The first-order valence-electron chi connectivity index (χ1n) is 3.98. The van der Waals surface area contributed by atoms with Gasteiger partial charge in [0, 0.05) is 11.6 Å². The third-order valence-electron chi connectivity index (χ3n) is 1.83. The molecule has 0 aromatic carbocycles. The second kappa shape index (κ2) is 3.90. The van der Waals surface area contributed by atoms with Gasteiger partial charge in [-0.05, 0) is 12.8 Å². The minimum Gasteiger partial charge on any atom is -0.350 e. The molecule has 1 rings (SSSR count). The zero-order valence-electron chi connectivity index (χ0n) is 7.08. The Morgan fingerprint density at radius 2 is 2.58 bits per heavy atom. The van der Waals surface area contributed by atoms with Gasteiger partial charge in [-0.15, -0.1) is 0 Å². The van der Waals surface area contributed by atoms with Gasteiger partial charge in [-0.1, -0.05) is 19.1 Å². The van der Waals surface area contributed by atoms with Gasteiger partial charge in [-0.25, -0.2) is 10.2 Å². The molecule has 0 radical (unpaired) electrons. The highest BCUT2D eigenvalue weighted by molar-refractivity contribution is 5.89. The molecular weight excluding hydrogens is 154 g/mol. The first kappa shape index (κ1) is 8.77. The van der Waals surface area contributed by atoms with E-state index in [2.05, 4.69) is 22.7 Å². The van der Waals surface area contributed by atoms with Crippen LogP contribution in [-0.4, -0.2) is 11.7 Å². The minimum atomic E-state index is -0.607. The second-order valence-electron chi connectivity index (χ2n) is 2.83. The van der Waals surface area contributed by atoms with Crippen LogP contribution in [0.5, 0.6) is 0 Å². The summed E-state index contributed by atoms with van der Waals surface area (Å²) >= 11 is 0. The molecule has 0 aliphatic heterocycles. The van der Waals surface area contributed by atoms with E-state index in [4.69, 9.17) is 5.73 Å². The van der Waals surface area contributed by atoms with E-state index < -0.39 is 6.03 Å². The number of amides is 2. The van der Waals surface area contributed by atoms with E-state index in [0.29, 0.717) is 5.92 Å². The zero-order valence-corrected chi connectivity index (χ0v) is 7.08. The Morgan fingerprint density at radius 3 is 3.17 bits per heavy atom. The Bertz CT molecular complexity index is 232. The van der Waals surface area contributed by atoms with Crippen molar-refractivity contribution in [2.45, 2.75) is 19.8 Å². The van der Waals surface area contributed by atoms with Crippen molar-refractivity contribution in [3.05, 3.63) is 12.2 Å². The van der Waals surface area contributed by atoms with Crippen LogP contribution < -0.4 is 11.2 Å². The minimum absolute atomic E-state index is 0.311. The average Bonchev–Trinajstić information content (AvgIpc) is 2.03. The van der Waals surface area contributed by atoms with Crippen molar-refractivity contribution in [2.24, 2.45) is 16.8 Å². The number of carbonyl (C=O) groups excluding carboxylic acids is 1. The third-order valence-corrected chi connectivity index (χ3v) is 1.83. The number of carbonyl (C=O) groups is 1. The highest BCUT2D eigenvalue weighted by Gasteiger charge is 2.10. The van der Waals surface area contributed by atoms with Crippen molar-refractivity contribution in [1.82, 2.24) is 5.43 Å². The Kier molecular flexibility index (Phi) is 2.85. The van der Waals surface area contributed by atoms with E-state index >= 15 is 0 Å². The van der Waals surface area contributed by atoms with Crippen LogP contribution in [0.2, 0.25) is 0 Å². The van der Waals surface area contributed by atoms with E-state index in [0.717, 1.165) is 18.6 Å². The van der Waals surface area contributed by atoms with Gasteiger partial charge in [0.2, 0.25) is 0 Å². The summed E-state index contributed by atoms with van der Waals surface area (Å²) in [5.41, 5.74) is 8.10. The van der Waals surface area contributed by atoms with Crippen LogP contribution in [0.4, 0.5) is 4.79 Å². The van der Waals surface area contributed by atoms with Crippen molar-refractivity contribution in [3.63, 3.8) is 0 Å². The number of hydrogen-bond acceptors (Lipinski definition) is 2. The number of hydrazone groups is 1. The Morgan fingerprint density at radius 1 is 1.83 bits per heavy atom. The molecule has 1 unspecified atom stereocenters. The number of nitrogens with zero attached hydrogens (tertiary/aromatic N) is 1. The van der Waals surface area contributed by atoms with Crippen LogP contribution >= 0.6 is 0 Å². The predicted molar refractivity (Wildman–Crippen MR) is 47.7 cm³/mol. The van der Waals surface area contributed by atoms with Crippen LogP contribution in [0.15, 0.2) is 17.3 Å². The first-order valence-corrected chi connectivity index (χ1v) is 3.98. The second-order valence-corrected chi connectivity index (χ2v) is 2.83. The molecule has 1 aliphatic rings. The Balaban J connectivity index is 2.55. The summed E-state index contributed by atoms with van der Waals surface area (Å²) in [6, 6.07) is -0.607. The molecule has 12 heavy (non-hydrogen) atoms. The third kappa shape index (κ3) is 2.38. The highest BCUT2D eigenvalue weighted by atomic mass is 16.2. The molecule has 4 nitrogen and oxygen atoms in total. The Labute approximate surface area is 71.5 Å². The monoisotopic (exact) mass is 167 g/mol. The normalized spacial score (nSPS) is 25.8. The lowest BCUT2D eigenvalue weighted by molar-refractivity contribution is 0.249. The van der Waals surface area contributed by atoms with E-state index in [9.17, 15) is 4.79 Å². The summed E-state index contributed by atoms with van der Waals surface area (Å²) in [5.74, 6) is 0.311. The van der Waals surface area contributed by atoms with Crippen molar-refractivity contribution in [1.29, 1.82) is 0 Å². The fraction of sp³-hybridized carbons (Fsp3) is 0.500. The van der Waals surface area contributed by atoms with Gasteiger partial charge in [-0.2, -0.15) is 5.10 Å². The highest BCUT2D eigenvalue weighted by Crippen LogP contribution is 2.13. The van der Waals surface area contributed by atoms with E-state index in [-0.39, 0.29) is 0 Å². The molecule has 0 fully saturated rings. The van der Waals surface area contributed by atoms with Gasteiger partial charge in [0.1, 0.15) is 0 Å². The first-order chi connectivity index (χ1) is 5.70. The lowest BCUT2D eigenvalue weighted by atomic mass is 9.95. The average molecular weight is 167 g/mol. The number of allylic oxidation sites excluding steroid dienone is 2. The smallest absolute Gasteiger partial charge is 0.332 e. The lowest BCUT2D eigenvalue weighted by Crippen LogP contribution is -2.27. The van der Waals surface area contributed by atoms with E-state index in [1.165, 1.54) is 0 Å². The van der Waals surface area contributed by atoms with Gasteiger partial charge >= 0.3 is 6.03 Å². The van der Waals surface area contributed by atoms with Crippen LogP contribution in [0.3, 0.4) is 0 Å². The summed E-state index contributed by atoms with van der Waals surface area (Å²) in [7, 11) is 0. The van der Waals surface area contributed by atoms with Gasteiger partial charge in [-0.3, -0.25) is 0 Å². The predicted octanol–water partition coefficient (Wildman–Crippen LogP) is 0.997. The molecule has 1 atom stereocenters. The number of primary amides is 1. The van der Waals surface area contributed by atoms with Gasteiger partial charge in [0.05, 0.1) is 0 Å². The van der Waals surface area contributed by atoms with Gasteiger partial charge < -0.3 is 5.73 Å². The van der Waals surface area contributed by atoms with Gasteiger partial charge in [0.15, 0.2) is 0 Å². The zero-order chi connectivity index (χ0) is 8.97. The SMILES string of the molecule is CC1C=CCC/C1=N/NC(N)=O. The standard InChI is InChI=1S/C8H13N3O/c1-6-4-2-3-5-7(6)10-11-8(9)12/h2,4,6H,3,5H2,1H3,(H3,9,11,12)/b10-7-. The van der Waals surface area contributed by atoms with Crippen molar-refractivity contribution >= 4 is 11.7 Å². The van der Waals surface area contributed by atoms with Crippen molar-refractivity contribution < 1.29 is 4.79 Å². The number of rotatable bonds is 1. The maximum Gasteiger partial charge on any atom is 0.332 e. The van der Waals surface area contributed by atoms with Crippen LogP contribution in [-0.2, 0) is 0 Å². The molecule has 0 aromatic heterocycles. The molecule has 1 aliphatic carbocycles. The van der Waals surface area contributed by atoms with Crippen LogP contribution in [0, 0.1) is 5.92 Å². The molecular formula is C8H13N3O. The molecule has 66 valence electrons. The van der Waals surface area contributed by atoms with Crippen molar-refractivity contribution in [3.8, 4) is 0 Å². The van der Waals surface area contributed by atoms with Gasteiger partial charge in [0.25, 0.3) is 0 Å². The molecule has 3 N–H and O–H groups in total. The molecule has 0 aromatic rings. The molecule has 0 bridgehead atoms. The summed E-state index contributed by atoms with van der Waals surface area (Å²) in [4.78, 5) is 10.3. The van der Waals surface area contributed by atoms with E-state index in [1.807, 2.05) is 6.92 Å². The topological polar surface area (TPSA) is 67.5 Å². The molecule has 0 spiro atoms. The fourth-order valence-corrected chi connectivity index (χ4v) is 1.15. The van der Waals surface area contributed by atoms with E-state index in [1.54, 1.807) is 0 Å². The molecule has 0 saturated heterocycles. The number of hydrogen-bond donors (Lipinski definition) is 2. The number of urea groups is 1. The summed E-state index contributed by atoms with van der Waals surface area (Å²) in [6.07, 6.45) is 6.08. The maximum atomic E-state index is 10.3. The molecule has 4 heteroatoms. The quantitative estimate of drug-likeness (QED) is 0.444. The number of nitrogens with two attached hydrogens (primary N) is 1. The molecule has 2 amide bonds. The van der Waals surface area contributed by atoms with Crippen molar-refractivity contribution in [2.75, 3.05) is 0 Å². The fourth-order valence-electron chi connectivity index (χ4n) is 1.15. The number of nitrogens with one attached hydrogen (secondary N) is 1. The summed E-state index contributed by atoms with van der Waals surface area (Å²) < 4.78 is 0. The lowest BCUT2D eigenvalue weighted by Gasteiger charge is -2.13. The maximum absolute atomic E-state index is 10.3. The molecule has 0 saturated carbocycles. The summed E-state index contributed by atoms with van der Waals surface area (Å²) in [5, 5.41) is 3.90. The van der Waals surface area contributed by atoms with Crippen LogP contribution in [0.1, 0.15) is 19.8 Å². The van der Waals surface area contributed by atoms with Crippen LogP contribution in [0.25, 0.3) is 0 Å². The molecule has 0 heterocycles. The summed E-state index contributed by atoms with van der Waals surface area (Å²) in [6.45, 7) is 2.04. The largest absolute Gasteiger partial charge is 0.350 e.